The fourth-order valence-corrected chi connectivity index (χ4v) is 2.45. The first-order chi connectivity index (χ1) is 9.58. The van der Waals surface area contributed by atoms with Gasteiger partial charge in [-0.3, -0.25) is 14.4 Å². The molecule has 1 aromatic heterocycles. The van der Waals surface area contributed by atoms with Gasteiger partial charge in [-0.15, -0.1) is 0 Å². The number of amides is 1. The molecule has 1 amide bonds. The van der Waals surface area contributed by atoms with Gasteiger partial charge in [0, 0.05) is 24.3 Å². The van der Waals surface area contributed by atoms with Crippen LogP contribution >= 0.6 is 12.2 Å². The zero-order valence-corrected chi connectivity index (χ0v) is 13.0. The number of rotatable bonds is 5. The Morgan fingerprint density at radius 3 is 2.80 bits per heavy atom. The SMILES string of the molecule is CCCCN1C(=O)/C(=C\c2cnn(CC)c2C)NC1=S. The van der Waals surface area contributed by atoms with Crippen molar-refractivity contribution in [2.75, 3.05) is 6.54 Å². The summed E-state index contributed by atoms with van der Waals surface area (Å²) in [6.07, 6.45) is 5.59. The normalized spacial score (nSPS) is 17.1. The van der Waals surface area contributed by atoms with E-state index < -0.39 is 0 Å². The Kier molecular flexibility index (Phi) is 4.54. The molecular weight excluding hydrogens is 272 g/mol. The Labute approximate surface area is 124 Å². The summed E-state index contributed by atoms with van der Waals surface area (Å²) >= 11 is 5.22. The van der Waals surface area contributed by atoms with E-state index in [1.807, 2.05) is 24.6 Å². The predicted molar refractivity (Wildman–Crippen MR) is 83.0 cm³/mol. The first-order valence-corrected chi connectivity index (χ1v) is 7.36. The van der Waals surface area contributed by atoms with E-state index in [2.05, 4.69) is 17.3 Å². The number of aromatic nitrogens is 2. The molecule has 0 radical (unpaired) electrons. The van der Waals surface area contributed by atoms with Crippen molar-refractivity contribution >= 4 is 29.3 Å². The van der Waals surface area contributed by atoms with Crippen LogP contribution in [0, 0.1) is 6.92 Å². The van der Waals surface area contributed by atoms with Crippen molar-refractivity contribution in [1.82, 2.24) is 20.0 Å². The number of unbranched alkanes of at least 4 members (excludes halogenated alkanes) is 1. The summed E-state index contributed by atoms with van der Waals surface area (Å²) in [7, 11) is 0. The van der Waals surface area contributed by atoms with E-state index in [0.717, 1.165) is 30.6 Å². The Hall–Kier alpha value is -1.69. The average Bonchev–Trinajstić information content (AvgIpc) is 2.90. The third-order valence-electron chi connectivity index (χ3n) is 3.44. The number of hydrogen-bond acceptors (Lipinski definition) is 3. The molecule has 0 atom stereocenters. The number of thiocarbonyl (C=S) groups is 1. The lowest BCUT2D eigenvalue weighted by Crippen LogP contribution is -2.31. The number of hydrogen-bond donors (Lipinski definition) is 1. The van der Waals surface area contributed by atoms with Gasteiger partial charge in [-0.25, -0.2) is 0 Å². The number of aryl methyl sites for hydroxylation is 1. The van der Waals surface area contributed by atoms with E-state index >= 15 is 0 Å². The van der Waals surface area contributed by atoms with Crippen LogP contribution in [-0.4, -0.2) is 32.2 Å². The average molecular weight is 292 g/mol. The molecule has 0 spiro atoms. The molecule has 1 N–H and O–H groups in total. The smallest absolute Gasteiger partial charge is 0.276 e. The minimum atomic E-state index is -0.0490. The van der Waals surface area contributed by atoms with E-state index in [1.54, 1.807) is 11.1 Å². The van der Waals surface area contributed by atoms with Crippen molar-refractivity contribution in [3.05, 3.63) is 23.2 Å². The van der Waals surface area contributed by atoms with Gasteiger partial charge in [0.1, 0.15) is 5.70 Å². The van der Waals surface area contributed by atoms with Gasteiger partial charge in [-0.2, -0.15) is 5.10 Å². The molecule has 0 aliphatic carbocycles. The summed E-state index contributed by atoms with van der Waals surface area (Å²) in [6, 6.07) is 0. The van der Waals surface area contributed by atoms with Crippen LogP contribution in [0.15, 0.2) is 11.9 Å². The highest BCUT2D eigenvalue weighted by atomic mass is 32.1. The number of nitrogens with one attached hydrogen (secondary N) is 1. The van der Waals surface area contributed by atoms with Gasteiger partial charge in [0.25, 0.3) is 5.91 Å². The maximum absolute atomic E-state index is 12.3. The molecule has 1 aliphatic heterocycles. The van der Waals surface area contributed by atoms with Crippen LogP contribution in [0.3, 0.4) is 0 Å². The molecule has 1 saturated heterocycles. The third kappa shape index (κ3) is 2.75. The first kappa shape index (κ1) is 14.7. The summed E-state index contributed by atoms with van der Waals surface area (Å²) in [6.45, 7) is 7.62. The monoisotopic (exact) mass is 292 g/mol. The lowest BCUT2D eigenvalue weighted by molar-refractivity contribution is -0.122. The fraction of sp³-hybridized carbons (Fsp3) is 0.500. The van der Waals surface area contributed by atoms with Crippen LogP contribution in [0.1, 0.15) is 37.9 Å². The summed E-state index contributed by atoms with van der Waals surface area (Å²) in [5.41, 5.74) is 2.53. The standard InChI is InChI=1S/C14H20N4OS/c1-4-6-7-17-13(19)12(16-14(17)20)8-11-9-15-18(5-2)10(11)3/h8-9H,4-7H2,1-3H3,(H,16,20)/b12-8+. The maximum Gasteiger partial charge on any atom is 0.276 e. The lowest BCUT2D eigenvalue weighted by Gasteiger charge is -2.12. The molecule has 5 nitrogen and oxygen atoms in total. The highest BCUT2D eigenvalue weighted by Crippen LogP contribution is 2.17. The van der Waals surface area contributed by atoms with Crippen molar-refractivity contribution in [3.8, 4) is 0 Å². The van der Waals surface area contributed by atoms with Crippen molar-refractivity contribution in [1.29, 1.82) is 0 Å². The predicted octanol–water partition coefficient (Wildman–Crippen LogP) is 2.07. The topological polar surface area (TPSA) is 50.2 Å². The number of carbonyl (C=O) groups excluding carboxylic acids is 1. The minimum Gasteiger partial charge on any atom is -0.328 e. The van der Waals surface area contributed by atoms with Crippen LogP contribution in [0.5, 0.6) is 0 Å². The van der Waals surface area contributed by atoms with Gasteiger partial charge in [-0.05, 0) is 38.6 Å². The molecule has 2 rings (SSSR count). The summed E-state index contributed by atoms with van der Waals surface area (Å²) in [4.78, 5) is 13.9. The molecule has 6 heteroatoms. The van der Waals surface area contributed by atoms with E-state index in [0.29, 0.717) is 17.4 Å². The van der Waals surface area contributed by atoms with E-state index in [4.69, 9.17) is 12.2 Å². The fourth-order valence-electron chi connectivity index (χ4n) is 2.17. The van der Waals surface area contributed by atoms with Crippen molar-refractivity contribution < 1.29 is 4.79 Å². The molecule has 0 aromatic carbocycles. The maximum atomic E-state index is 12.3. The van der Waals surface area contributed by atoms with Gasteiger partial charge < -0.3 is 5.32 Å². The van der Waals surface area contributed by atoms with E-state index in [9.17, 15) is 4.79 Å². The molecule has 0 bridgehead atoms. The molecule has 2 heterocycles. The molecule has 1 aliphatic rings. The number of carbonyl (C=O) groups is 1. The largest absolute Gasteiger partial charge is 0.328 e. The molecule has 0 unspecified atom stereocenters. The second-order valence-electron chi connectivity index (χ2n) is 4.80. The second-order valence-corrected chi connectivity index (χ2v) is 5.19. The highest BCUT2D eigenvalue weighted by Gasteiger charge is 2.30. The summed E-state index contributed by atoms with van der Waals surface area (Å²) < 4.78 is 1.90. The molecule has 20 heavy (non-hydrogen) atoms. The molecule has 0 saturated carbocycles. The zero-order chi connectivity index (χ0) is 14.7. The van der Waals surface area contributed by atoms with Crippen LogP contribution in [0.2, 0.25) is 0 Å². The van der Waals surface area contributed by atoms with Gasteiger partial charge in [0.05, 0.1) is 6.20 Å². The Morgan fingerprint density at radius 1 is 1.45 bits per heavy atom. The Bertz CT molecular complexity index is 562. The Morgan fingerprint density at radius 2 is 2.20 bits per heavy atom. The second kappa shape index (κ2) is 6.17. The molecule has 1 aromatic rings. The van der Waals surface area contributed by atoms with Crippen molar-refractivity contribution in [2.45, 2.75) is 40.2 Å². The Balaban J connectivity index is 2.21. The molecule has 1 fully saturated rings. The lowest BCUT2D eigenvalue weighted by atomic mass is 10.2. The van der Waals surface area contributed by atoms with Crippen LogP contribution in [0.25, 0.3) is 6.08 Å². The van der Waals surface area contributed by atoms with Gasteiger partial charge in [0.15, 0.2) is 5.11 Å². The minimum absolute atomic E-state index is 0.0490. The van der Waals surface area contributed by atoms with E-state index in [-0.39, 0.29) is 5.91 Å². The van der Waals surface area contributed by atoms with Gasteiger partial charge in [0.2, 0.25) is 0 Å². The van der Waals surface area contributed by atoms with Crippen molar-refractivity contribution in [3.63, 3.8) is 0 Å². The molecular formula is C14H20N4OS. The van der Waals surface area contributed by atoms with E-state index in [1.165, 1.54) is 0 Å². The van der Waals surface area contributed by atoms with Gasteiger partial charge in [-0.1, -0.05) is 13.3 Å². The number of nitrogens with zero attached hydrogens (tertiary/aromatic N) is 3. The quantitative estimate of drug-likeness (QED) is 0.667. The zero-order valence-electron chi connectivity index (χ0n) is 12.1. The van der Waals surface area contributed by atoms with Crippen LogP contribution < -0.4 is 5.32 Å². The molecule has 108 valence electrons. The summed E-state index contributed by atoms with van der Waals surface area (Å²) in [5, 5.41) is 7.77. The third-order valence-corrected chi connectivity index (χ3v) is 3.76. The van der Waals surface area contributed by atoms with Crippen LogP contribution in [0.4, 0.5) is 0 Å². The van der Waals surface area contributed by atoms with Gasteiger partial charge >= 0.3 is 0 Å². The summed E-state index contributed by atoms with van der Waals surface area (Å²) in [5.74, 6) is -0.0490. The highest BCUT2D eigenvalue weighted by molar-refractivity contribution is 7.80. The van der Waals surface area contributed by atoms with Crippen molar-refractivity contribution in [2.24, 2.45) is 0 Å². The van der Waals surface area contributed by atoms with Crippen LogP contribution in [-0.2, 0) is 11.3 Å². The first-order valence-electron chi connectivity index (χ1n) is 6.95.